The van der Waals surface area contributed by atoms with Crippen molar-refractivity contribution in [3.8, 4) is 34.3 Å². The van der Waals surface area contributed by atoms with Gasteiger partial charge in [0.2, 0.25) is 0 Å². The van der Waals surface area contributed by atoms with Gasteiger partial charge in [-0.15, -0.1) is 0 Å². The van der Waals surface area contributed by atoms with Crippen LogP contribution in [0.5, 0.6) is 0 Å². The van der Waals surface area contributed by atoms with E-state index in [1.807, 2.05) is 36.4 Å². The third kappa shape index (κ3) is 4.33. The van der Waals surface area contributed by atoms with Gasteiger partial charge in [0.1, 0.15) is 0 Å². The summed E-state index contributed by atoms with van der Waals surface area (Å²) in [6.45, 7) is 7.94. The van der Waals surface area contributed by atoms with Crippen LogP contribution in [0.4, 0.5) is 5.69 Å². The maximum atomic E-state index is 10.6. The Kier molecular flexibility index (Phi) is 6.61. The zero-order chi connectivity index (χ0) is 36.6. The van der Waals surface area contributed by atoms with E-state index < -0.39 is 0 Å². The van der Waals surface area contributed by atoms with Gasteiger partial charge < -0.3 is 13.7 Å². The molecule has 0 fully saturated rings. The SMILES string of the molecule is [C-]#[N+]c1cccc2c1c1ccccc1n2-c1ccc(C#N)c(-c2ccccc2-n2c3ccccc3c3cccc(-n4c5ccccc5c5ccccc54)c32)c1. The summed E-state index contributed by atoms with van der Waals surface area (Å²) in [6.07, 6.45) is 0. The Labute approximate surface area is 316 Å². The van der Waals surface area contributed by atoms with Crippen LogP contribution >= 0.6 is 0 Å². The highest BCUT2D eigenvalue weighted by Gasteiger charge is 2.23. The number of benzene rings is 8. The summed E-state index contributed by atoms with van der Waals surface area (Å²) in [5.74, 6) is 0. The molecule has 0 N–H and O–H groups in total. The molecule has 0 radical (unpaired) electrons. The van der Waals surface area contributed by atoms with E-state index >= 15 is 0 Å². The zero-order valence-electron chi connectivity index (χ0n) is 29.5. The molecule has 0 amide bonds. The van der Waals surface area contributed by atoms with Gasteiger partial charge in [-0.25, -0.2) is 4.85 Å². The predicted molar refractivity (Wildman–Crippen MR) is 226 cm³/mol. The molecule has 0 aliphatic heterocycles. The summed E-state index contributed by atoms with van der Waals surface area (Å²) in [6, 6.07) is 63.6. The number of rotatable bonds is 4. The van der Waals surface area contributed by atoms with Crippen molar-refractivity contribution in [3.05, 3.63) is 193 Å². The average Bonchev–Trinajstić information content (AvgIpc) is 3.89. The van der Waals surface area contributed by atoms with Crippen molar-refractivity contribution in [2.75, 3.05) is 0 Å². The minimum absolute atomic E-state index is 0.585. The lowest BCUT2D eigenvalue weighted by Gasteiger charge is -2.18. The number of nitriles is 1. The van der Waals surface area contributed by atoms with E-state index in [0.717, 1.165) is 82.8 Å². The number of nitrogens with zero attached hydrogens (tertiary/aromatic N) is 5. The van der Waals surface area contributed by atoms with E-state index in [1.165, 1.54) is 10.8 Å². The normalized spacial score (nSPS) is 11.6. The quantitative estimate of drug-likeness (QED) is 0.169. The Bertz CT molecular complexity index is 3420. The van der Waals surface area contributed by atoms with E-state index in [1.54, 1.807) is 0 Å². The maximum Gasteiger partial charge on any atom is 0.197 e. The molecule has 0 bridgehead atoms. The summed E-state index contributed by atoms with van der Waals surface area (Å²) in [5, 5.41) is 17.3. The van der Waals surface area contributed by atoms with Gasteiger partial charge in [0.05, 0.1) is 57.2 Å². The highest BCUT2D eigenvalue weighted by atomic mass is 15.1. The average molecular weight is 700 g/mol. The molecule has 0 saturated heterocycles. The van der Waals surface area contributed by atoms with Gasteiger partial charge in [-0.3, -0.25) is 0 Å². The first-order chi connectivity index (χ1) is 27.2. The molecule has 0 atom stereocenters. The van der Waals surface area contributed by atoms with Crippen LogP contribution in [0.15, 0.2) is 176 Å². The summed E-state index contributed by atoms with van der Waals surface area (Å²) >= 11 is 0. The van der Waals surface area contributed by atoms with E-state index in [2.05, 4.69) is 164 Å². The molecule has 55 heavy (non-hydrogen) atoms. The second-order valence-corrected chi connectivity index (χ2v) is 13.9. The summed E-state index contributed by atoms with van der Waals surface area (Å²) in [7, 11) is 0. The molecular weight excluding hydrogens is 671 g/mol. The van der Waals surface area contributed by atoms with E-state index in [4.69, 9.17) is 6.57 Å². The molecule has 11 rings (SSSR count). The topological polar surface area (TPSA) is 42.9 Å². The fourth-order valence-corrected chi connectivity index (χ4v) is 8.87. The van der Waals surface area contributed by atoms with Crippen molar-refractivity contribution in [2.45, 2.75) is 0 Å². The fourth-order valence-electron chi connectivity index (χ4n) is 8.87. The summed E-state index contributed by atoms with van der Waals surface area (Å²) in [4.78, 5) is 3.89. The van der Waals surface area contributed by atoms with Gasteiger partial charge in [0.15, 0.2) is 5.69 Å². The molecule has 5 heteroatoms. The van der Waals surface area contributed by atoms with Crippen LogP contribution < -0.4 is 0 Å². The number of para-hydroxylation sites is 6. The Balaban J connectivity index is 1.23. The third-order valence-electron chi connectivity index (χ3n) is 11.1. The minimum atomic E-state index is 0.585. The molecule has 8 aromatic carbocycles. The van der Waals surface area contributed by atoms with Crippen LogP contribution in [0.25, 0.3) is 98.5 Å². The van der Waals surface area contributed by atoms with Crippen molar-refractivity contribution in [3.63, 3.8) is 0 Å². The van der Waals surface area contributed by atoms with Crippen molar-refractivity contribution in [1.82, 2.24) is 13.7 Å². The van der Waals surface area contributed by atoms with E-state index in [-0.39, 0.29) is 0 Å². The van der Waals surface area contributed by atoms with Crippen molar-refractivity contribution < 1.29 is 0 Å². The Morgan fingerprint density at radius 1 is 0.436 bits per heavy atom. The number of fused-ring (bicyclic) bond motifs is 9. The highest BCUT2D eigenvalue weighted by Crippen LogP contribution is 2.43. The lowest BCUT2D eigenvalue weighted by molar-refractivity contribution is 1.13. The van der Waals surface area contributed by atoms with Crippen LogP contribution in [-0.2, 0) is 0 Å². The molecule has 3 aromatic heterocycles. The van der Waals surface area contributed by atoms with E-state index in [9.17, 15) is 5.26 Å². The molecule has 0 spiro atoms. The second-order valence-electron chi connectivity index (χ2n) is 13.9. The van der Waals surface area contributed by atoms with Crippen molar-refractivity contribution >= 4 is 71.1 Å². The monoisotopic (exact) mass is 699 g/mol. The molecule has 3 heterocycles. The largest absolute Gasteiger partial charge is 0.311 e. The first kappa shape index (κ1) is 30.7. The van der Waals surface area contributed by atoms with Crippen LogP contribution in [0, 0.1) is 17.9 Å². The molecule has 0 unspecified atom stereocenters. The second kappa shape index (κ2) is 11.8. The lowest BCUT2D eigenvalue weighted by atomic mass is 9.97. The van der Waals surface area contributed by atoms with Crippen LogP contribution in [-0.4, -0.2) is 13.7 Å². The number of hydrogen-bond acceptors (Lipinski definition) is 1. The fraction of sp³-hybridized carbons (Fsp3) is 0. The number of hydrogen-bond donors (Lipinski definition) is 0. The van der Waals surface area contributed by atoms with E-state index in [0.29, 0.717) is 11.3 Å². The van der Waals surface area contributed by atoms with Crippen molar-refractivity contribution in [1.29, 1.82) is 5.26 Å². The smallest absolute Gasteiger partial charge is 0.197 e. The van der Waals surface area contributed by atoms with Gasteiger partial charge in [-0.2, -0.15) is 5.26 Å². The molecule has 0 aliphatic carbocycles. The van der Waals surface area contributed by atoms with Gasteiger partial charge in [0.25, 0.3) is 0 Å². The lowest BCUT2D eigenvalue weighted by Crippen LogP contribution is -2.03. The van der Waals surface area contributed by atoms with Gasteiger partial charge in [-0.1, -0.05) is 115 Å². The summed E-state index contributed by atoms with van der Waals surface area (Å²) < 4.78 is 6.99. The number of aromatic nitrogens is 3. The van der Waals surface area contributed by atoms with Crippen LogP contribution in [0.3, 0.4) is 0 Å². The van der Waals surface area contributed by atoms with Crippen LogP contribution in [0.2, 0.25) is 0 Å². The molecule has 0 saturated carbocycles. The van der Waals surface area contributed by atoms with Gasteiger partial charge >= 0.3 is 0 Å². The Morgan fingerprint density at radius 2 is 0.964 bits per heavy atom. The predicted octanol–water partition coefficient (Wildman–Crippen LogP) is 13.1. The minimum Gasteiger partial charge on any atom is -0.311 e. The first-order valence-corrected chi connectivity index (χ1v) is 18.3. The Hall–Kier alpha value is -7.86. The van der Waals surface area contributed by atoms with Crippen LogP contribution in [0.1, 0.15) is 5.56 Å². The molecule has 5 nitrogen and oxygen atoms in total. The first-order valence-electron chi connectivity index (χ1n) is 18.3. The maximum absolute atomic E-state index is 10.6. The van der Waals surface area contributed by atoms with Crippen molar-refractivity contribution in [2.24, 2.45) is 0 Å². The Morgan fingerprint density at radius 3 is 1.65 bits per heavy atom. The van der Waals surface area contributed by atoms with Gasteiger partial charge in [-0.05, 0) is 66.0 Å². The third-order valence-corrected chi connectivity index (χ3v) is 11.1. The zero-order valence-corrected chi connectivity index (χ0v) is 29.5. The highest BCUT2D eigenvalue weighted by molar-refractivity contribution is 6.16. The molecule has 11 aromatic rings. The summed E-state index contributed by atoms with van der Waals surface area (Å²) in [5.41, 5.74) is 12.4. The molecule has 0 aliphatic rings. The standard InChI is InChI=1S/C50H29N5/c1-52-41-20-13-26-47-49(41)39-18-6-11-25-46(39)53(47)33-29-28-32(31-51)40(30-33)37-17-5-10-24-45(37)55-44-23-9-4-16-36(44)38-19-12-27-48(50(38)55)54-42-21-7-2-14-34(42)35-15-3-8-22-43(35)54/h2-30H. The molecular formula is C50H29N5. The van der Waals surface area contributed by atoms with Gasteiger partial charge in [0, 0.05) is 49.3 Å². The molecule has 254 valence electrons.